The van der Waals surface area contributed by atoms with Gasteiger partial charge in [0.2, 0.25) is 10.0 Å². The fourth-order valence-corrected chi connectivity index (χ4v) is 5.30. The number of hydrogen-bond donors (Lipinski definition) is 0. The van der Waals surface area contributed by atoms with Gasteiger partial charge in [-0.05, 0) is 36.1 Å². The third kappa shape index (κ3) is 3.92. The lowest BCUT2D eigenvalue weighted by atomic mass is 10.00. The first-order valence-electron chi connectivity index (χ1n) is 9.66. The van der Waals surface area contributed by atoms with Gasteiger partial charge in [-0.2, -0.15) is 4.31 Å². The van der Waals surface area contributed by atoms with Crippen LogP contribution in [0.3, 0.4) is 0 Å². The van der Waals surface area contributed by atoms with Crippen LogP contribution in [0.1, 0.15) is 31.2 Å². The number of aromatic amines is 1. The summed E-state index contributed by atoms with van der Waals surface area (Å²) in [6, 6.07) is 14.1. The van der Waals surface area contributed by atoms with Crippen LogP contribution in [0.2, 0.25) is 0 Å². The van der Waals surface area contributed by atoms with Crippen LogP contribution in [0.4, 0.5) is 5.82 Å². The fraction of sp³-hybridized carbons (Fsp3) is 0.381. The molecule has 4 rings (SSSR count). The maximum Gasteiger partial charge on any atom is 0.274 e. The van der Waals surface area contributed by atoms with E-state index in [4.69, 9.17) is 0 Å². The van der Waals surface area contributed by atoms with E-state index in [-0.39, 0.29) is 0 Å². The van der Waals surface area contributed by atoms with Crippen LogP contribution in [-0.2, 0) is 10.0 Å². The van der Waals surface area contributed by atoms with Crippen molar-refractivity contribution in [3.05, 3.63) is 60.3 Å². The predicted octanol–water partition coefficient (Wildman–Crippen LogP) is 2.97. The van der Waals surface area contributed by atoms with E-state index in [1.165, 1.54) is 11.1 Å². The number of hydrogen-bond acceptors (Lipinski definition) is 3. The molecule has 5 nitrogen and oxygen atoms in total. The molecule has 0 radical (unpaired) electrons. The molecule has 0 aliphatic carbocycles. The van der Waals surface area contributed by atoms with Crippen molar-refractivity contribution in [2.24, 2.45) is 0 Å². The largest absolute Gasteiger partial charge is 0.274 e. The maximum atomic E-state index is 12.8. The lowest BCUT2D eigenvalue weighted by Gasteiger charge is -2.25. The molecule has 2 aliphatic heterocycles. The van der Waals surface area contributed by atoms with Gasteiger partial charge in [-0.15, -0.1) is 0 Å². The summed E-state index contributed by atoms with van der Waals surface area (Å²) in [6.45, 7) is 2.99. The van der Waals surface area contributed by atoms with Crippen LogP contribution in [0, 0.1) is 0 Å². The molecule has 1 aromatic heterocycles. The van der Waals surface area contributed by atoms with Crippen LogP contribution in [0.25, 0.3) is 5.57 Å². The Bertz CT molecular complexity index is 902. The summed E-state index contributed by atoms with van der Waals surface area (Å²) in [5, 5.41) is 0. The maximum absolute atomic E-state index is 12.8. The molecule has 0 saturated carbocycles. The standard InChI is InChI=1S/C21H25N3O2S/c25-27(26,24-13-5-2-6-14-24)20-9-10-21(22-17-20)23-15-11-19(12-16-23)18-7-3-1-4-8-18/h1,3-4,7-11,17H,2,5-6,12-16H2/p+1. The zero-order valence-electron chi connectivity index (χ0n) is 15.5. The second-order valence-corrected chi connectivity index (χ2v) is 9.10. The van der Waals surface area contributed by atoms with Crippen molar-refractivity contribution in [3.63, 3.8) is 0 Å². The minimum absolute atomic E-state index is 0.352. The second kappa shape index (κ2) is 7.82. The molecule has 2 aliphatic rings. The van der Waals surface area contributed by atoms with Gasteiger partial charge in [-0.1, -0.05) is 36.8 Å². The molecule has 1 aromatic carbocycles. The highest BCUT2D eigenvalue weighted by Crippen LogP contribution is 2.25. The van der Waals surface area contributed by atoms with Gasteiger partial charge in [-0.3, -0.25) is 4.90 Å². The van der Waals surface area contributed by atoms with E-state index in [9.17, 15) is 8.42 Å². The van der Waals surface area contributed by atoms with E-state index in [1.807, 2.05) is 12.1 Å². The number of nitrogens with zero attached hydrogens (tertiary/aromatic N) is 2. The average Bonchev–Trinajstić information content (AvgIpc) is 2.75. The fourth-order valence-electron chi connectivity index (χ4n) is 3.82. The van der Waals surface area contributed by atoms with Crippen LogP contribution in [0.15, 0.2) is 59.6 Å². The van der Waals surface area contributed by atoms with Crippen molar-refractivity contribution >= 4 is 21.4 Å². The summed E-state index contributed by atoms with van der Waals surface area (Å²) < 4.78 is 27.1. The van der Waals surface area contributed by atoms with Gasteiger partial charge in [0.15, 0.2) is 0 Å². The van der Waals surface area contributed by atoms with Gasteiger partial charge in [-0.25, -0.2) is 13.4 Å². The van der Waals surface area contributed by atoms with Gasteiger partial charge in [0.05, 0.1) is 6.54 Å². The number of H-pyrrole nitrogens is 1. The van der Waals surface area contributed by atoms with Crippen molar-refractivity contribution in [1.29, 1.82) is 0 Å². The van der Waals surface area contributed by atoms with Crippen molar-refractivity contribution in [2.45, 2.75) is 30.6 Å². The van der Waals surface area contributed by atoms with Gasteiger partial charge in [0, 0.05) is 25.6 Å². The molecule has 0 bridgehead atoms. The summed E-state index contributed by atoms with van der Waals surface area (Å²) in [7, 11) is -3.38. The molecule has 1 saturated heterocycles. The molecular formula is C21H26N3O2S+. The minimum Gasteiger partial charge on any atom is -0.258 e. The molecule has 142 valence electrons. The minimum atomic E-state index is -3.38. The Kier molecular flexibility index (Phi) is 5.27. The highest BCUT2D eigenvalue weighted by Gasteiger charge is 2.28. The van der Waals surface area contributed by atoms with E-state index < -0.39 is 10.0 Å². The third-order valence-electron chi connectivity index (χ3n) is 5.41. The van der Waals surface area contributed by atoms with Gasteiger partial charge >= 0.3 is 0 Å². The van der Waals surface area contributed by atoms with Crippen LogP contribution < -0.4 is 9.88 Å². The number of piperidine rings is 1. The lowest BCUT2D eigenvalue weighted by Crippen LogP contribution is -2.37. The van der Waals surface area contributed by atoms with Gasteiger partial charge < -0.3 is 0 Å². The van der Waals surface area contributed by atoms with Crippen molar-refractivity contribution < 1.29 is 13.4 Å². The molecule has 1 N–H and O–H groups in total. The number of anilines is 1. The topological polar surface area (TPSA) is 54.8 Å². The Labute approximate surface area is 161 Å². The first kappa shape index (κ1) is 18.2. The molecule has 0 spiro atoms. The van der Waals surface area contributed by atoms with E-state index in [0.717, 1.165) is 44.6 Å². The second-order valence-electron chi connectivity index (χ2n) is 7.17. The molecule has 2 aromatic rings. The van der Waals surface area contributed by atoms with Crippen LogP contribution in [0.5, 0.6) is 0 Å². The van der Waals surface area contributed by atoms with Gasteiger partial charge in [0.1, 0.15) is 17.6 Å². The van der Waals surface area contributed by atoms with E-state index >= 15 is 0 Å². The number of pyridine rings is 1. The summed E-state index contributed by atoms with van der Waals surface area (Å²) >= 11 is 0. The molecule has 3 heterocycles. The number of sulfonamides is 1. The number of nitrogens with one attached hydrogen (secondary N) is 1. The van der Waals surface area contributed by atoms with E-state index in [2.05, 4.69) is 40.2 Å². The first-order valence-corrected chi connectivity index (χ1v) is 11.1. The molecule has 1 fully saturated rings. The van der Waals surface area contributed by atoms with E-state index in [1.54, 1.807) is 16.6 Å². The Balaban J connectivity index is 1.46. The molecule has 0 unspecified atom stereocenters. The molecule has 0 atom stereocenters. The Morgan fingerprint density at radius 2 is 1.67 bits per heavy atom. The van der Waals surface area contributed by atoms with Crippen LogP contribution in [-0.4, -0.2) is 38.9 Å². The predicted molar refractivity (Wildman–Crippen MR) is 107 cm³/mol. The molecule has 6 heteroatoms. The first-order chi connectivity index (χ1) is 13.1. The summed E-state index contributed by atoms with van der Waals surface area (Å²) in [5.74, 6) is 0.955. The number of rotatable bonds is 4. The zero-order valence-corrected chi connectivity index (χ0v) is 16.3. The van der Waals surface area contributed by atoms with Gasteiger partial charge in [0.25, 0.3) is 5.82 Å². The van der Waals surface area contributed by atoms with E-state index in [0.29, 0.717) is 18.0 Å². The number of benzene rings is 1. The molecule has 27 heavy (non-hydrogen) atoms. The highest BCUT2D eigenvalue weighted by molar-refractivity contribution is 7.89. The third-order valence-corrected chi connectivity index (χ3v) is 7.31. The Morgan fingerprint density at radius 1 is 0.889 bits per heavy atom. The summed E-state index contributed by atoms with van der Waals surface area (Å²) in [5.41, 5.74) is 2.65. The molecule has 0 amide bonds. The monoisotopic (exact) mass is 384 g/mol. The van der Waals surface area contributed by atoms with Crippen molar-refractivity contribution in [2.75, 3.05) is 31.1 Å². The summed E-state index contributed by atoms with van der Waals surface area (Å²) in [6.07, 6.45) is 7.88. The van der Waals surface area contributed by atoms with Crippen molar-refractivity contribution in [3.8, 4) is 0 Å². The molecular weight excluding hydrogens is 358 g/mol. The Morgan fingerprint density at radius 3 is 2.30 bits per heavy atom. The van der Waals surface area contributed by atoms with Crippen LogP contribution >= 0.6 is 0 Å². The smallest absolute Gasteiger partial charge is 0.258 e. The summed E-state index contributed by atoms with van der Waals surface area (Å²) in [4.78, 5) is 5.79. The highest BCUT2D eigenvalue weighted by atomic mass is 32.2. The SMILES string of the molecule is O=S(=O)(c1ccc(N2CC=C(c3ccccc3)CC2)[nH+]c1)N1CCCCC1. The Hall–Kier alpha value is -2.18. The normalized spacial score (nSPS) is 19.0. The lowest BCUT2D eigenvalue weighted by molar-refractivity contribution is -0.367. The average molecular weight is 385 g/mol. The number of aromatic nitrogens is 1. The quantitative estimate of drug-likeness (QED) is 0.814. The zero-order chi connectivity index (χ0) is 18.7. The van der Waals surface area contributed by atoms with Crippen molar-refractivity contribution in [1.82, 2.24) is 4.31 Å².